The van der Waals surface area contributed by atoms with E-state index in [4.69, 9.17) is 5.73 Å². The number of nitrogens with two attached hydrogens (primary N) is 1. The molecule has 0 aliphatic heterocycles. The molecule has 0 saturated heterocycles. The lowest BCUT2D eigenvalue weighted by Gasteiger charge is -2.24. The third-order valence-corrected chi connectivity index (χ3v) is 2.46. The van der Waals surface area contributed by atoms with Crippen molar-refractivity contribution in [3.05, 3.63) is 35.9 Å². The molecule has 0 saturated carbocycles. The molecule has 0 heterocycles. The summed E-state index contributed by atoms with van der Waals surface area (Å²) in [6, 6.07) is 10.2. The average Bonchev–Trinajstić information content (AvgIpc) is 2.19. The maximum atomic E-state index is 5.94. The van der Waals surface area contributed by atoms with Crippen LogP contribution in [0.5, 0.6) is 0 Å². The van der Waals surface area contributed by atoms with E-state index in [9.17, 15) is 0 Å². The zero-order chi connectivity index (χ0) is 10.6. The molecule has 2 heteroatoms. The van der Waals surface area contributed by atoms with Gasteiger partial charge in [0.05, 0.1) is 0 Å². The number of aliphatic imine (C=N–C) groups is 1. The molecule has 0 aromatic heterocycles. The SMILES string of the molecule is CCN=C(N)C(C)(C)c1ccccc1. The molecule has 0 atom stereocenters. The van der Waals surface area contributed by atoms with Crippen molar-refractivity contribution in [3.8, 4) is 0 Å². The van der Waals surface area contributed by atoms with Gasteiger partial charge in [0, 0.05) is 12.0 Å². The van der Waals surface area contributed by atoms with Crippen LogP contribution in [0.3, 0.4) is 0 Å². The Bertz CT molecular complexity index is 312. The van der Waals surface area contributed by atoms with Gasteiger partial charge in [0.25, 0.3) is 0 Å². The van der Waals surface area contributed by atoms with E-state index in [0.717, 1.165) is 6.54 Å². The van der Waals surface area contributed by atoms with Crippen LogP contribution in [0.15, 0.2) is 35.3 Å². The van der Waals surface area contributed by atoms with Gasteiger partial charge < -0.3 is 5.73 Å². The van der Waals surface area contributed by atoms with Crippen LogP contribution in [0, 0.1) is 0 Å². The summed E-state index contributed by atoms with van der Waals surface area (Å²) < 4.78 is 0. The van der Waals surface area contributed by atoms with Gasteiger partial charge in [0.1, 0.15) is 5.84 Å². The Balaban J connectivity index is 3.02. The lowest BCUT2D eigenvalue weighted by atomic mass is 9.83. The minimum absolute atomic E-state index is 0.169. The maximum absolute atomic E-state index is 5.94. The van der Waals surface area contributed by atoms with Crippen molar-refractivity contribution in [1.82, 2.24) is 0 Å². The summed E-state index contributed by atoms with van der Waals surface area (Å²) in [5.74, 6) is 0.700. The van der Waals surface area contributed by atoms with Crippen LogP contribution in [0.4, 0.5) is 0 Å². The highest BCUT2D eigenvalue weighted by atomic mass is 14.9. The van der Waals surface area contributed by atoms with E-state index < -0.39 is 0 Å². The van der Waals surface area contributed by atoms with Crippen molar-refractivity contribution in [2.45, 2.75) is 26.2 Å². The first-order valence-electron chi connectivity index (χ1n) is 4.95. The van der Waals surface area contributed by atoms with Gasteiger partial charge in [-0.3, -0.25) is 4.99 Å². The molecule has 0 aliphatic carbocycles. The van der Waals surface area contributed by atoms with Crippen LogP contribution >= 0.6 is 0 Å². The monoisotopic (exact) mass is 190 g/mol. The van der Waals surface area contributed by atoms with Crippen LogP contribution in [-0.4, -0.2) is 12.4 Å². The first-order valence-corrected chi connectivity index (χ1v) is 4.95. The van der Waals surface area contributed by atoms with Gasteiger partial charge in [0.15, 0.2) is 0 Å². The Labute approximate surface area is 85.9 Å². The summed E-state index contributed by atoms with van der Waals surface area (Å²) in [6.45, 7) is 6.92. The molecule has 1 aromatic rings. The van der Waals surface area contributed by atoms with Crippen molar-refractivity contribution in [1.29, 1.82) is 0 Å². The molecule has 0 spiro atoms. The lowest BCUT2D eigenvalue weighted by Crippen LogP contribution is -2.36. The molecular formula is C12H18N2. The molecule has 2 N–H and O–H groups in total. The summed E-state index contributed by atoms with van der Waals surface area (Å²) in [4.78, 5) is 4.27. The quantitative estimate of drug-likeness (QED) is 0.576. The standard InChI is InChI=1S/C12H18N2/c1-4-14-11(13)12(2,3)10-8-6-5-7-9-10/h5-9H,4H2,1-3H3,(H2,13,14). The van der Waals surface area contributed by atoms with Crippen molar-refractivity contribution >= 4 is 5.84 Å². The first kappa shape index (κ1) is 10.8. The summed E-state index contributed by atoms with van der Waals surface area (Å²) in [7, 11) is 0. The highest BCUT2D eigenvalue weighted by molar-refractivity contribution is 5.90. The predicted molar refractivity (Wildman–Crippen MR) is 61.6 cm³/mol. The second-order valence-electron chi connectivity index (χ2n) is 3.85. The normalized spacial score (nSPS) is 12.9. The van der Waals surface area contributed by atoms with E-state index in [1.165, 1.54) is 5.56 Å². The summed E-state index contributed by atoms with van der Waals surface area (Å²) in [6.07, 6.45) is 0. The van der Waals surface area contributed by atoms with Gasteiger partial charge >= 0.3 is 0 Å². The first-order chi connectivity index (χ1) is 6.59. The van der Waals surface area contributed by atoms with Crippen molar-refractivity contribution in [2.24, 2.45) is 10.7 Å². The zero-order valence-corrected chi connectivity index (χ0v) is 9.12. The van der Waals surface area contributed by atoms with Crippen molar-refractivity contribution in [2.75, 3.05) is 6.54 Å². The van der Waals surface area contributed by atoms with Crippen LogP contribution in [0.1, 0.15) is 26.3 Å². The van der Waals surface area contributed by atoms with Gasteiger partial charge in [-0.15, -0.1) is 0 Å². The Kier molecular flexibility index (Phi) is 3.28. The Morgan fingerprint density at radius 2 is 1.86 bits per heavy atom. The summed E-state index contributed by atoms with van der Waals surface area (Å²) in [5, 5.41) is 0. The Morgan fingerprint density at radius 3 is 2.36 bits per heavy atom. The Hall–Kier alpha value is -1.31. The second kappa shape index (κ2) is 4.27. The fourth-order valence-corrected chi connectivity index (χ4v) is 1.37. The summed E-state index contributed by atoms with van der Waals surface area (Å²) in [5.41, 5.74) is 6.98. The van der Waals surface area contributed by atoms with Gasteiger partial charge in [-0.2, -0.15) is 0 Å². The number of hydrogen-bond donors (Lipinski definition) is 1. The zero-order valence-electron chi connectivity index (χ0n) is 9.12. The van der Waals surface area contributed by atoms with Crippen LogP contribution in [0.25, 0.3) is 0 Å². The number of amidine groups is 1. The number of rotatable bonds is 3. The summed E-state index contributed by atoms with van der Waals surface area (Å²) >= 11 is 0. The van der Waals surface area contributed by atoms with E-state index in [1.807, 2.05) is 25.1 Å². The number of benzene rings is 1. The molecule has 76 valence electrons. The van der Waals surface area contributed by atoms with Crippen LogP contribution in [0.2, 0.25) is 0 Å². The van der Waals surface area contributed by atoms with E-state index >= 15 is 0 Å². The smallest absolute Gasteiger partial charge is 0.104 e. The largest absolute Gasteiger partial charge is 0.387 e. The number of hydrogen-bond acceptors (Lipinski definition) is 1. The van der Waals surface area contributed by atoms with Crippen LogP contribution in [-0.2, 0) is 5.41 Å². The van der Waals surface area contributed by atoms with Crippen LogP contribution < -0.4 is 5.73 Å². The molecule has 14 heavy (non-hydrogen) atoms. The van der Waals surface area contributed by atoms with Gasteiger partial charge in [0.2, 0.25) is 0 Å². The number of nitrogens with zero attached hydrogens (tertiary/aromatic N) is 1. The van der Waals surface area contributed by atoms with E-state index in [2.05, 4.69) is 31.0 Å². The van der Waals surface area contributed by atoms with Gasteiger partial charge in [-0.25, -0.2) is 0 Å². The van der Waals surface area contributed by atoms with E-state index in [1.54, 1.807) is 0 Å². The van der Waals surface area contributed by atoms with Crippen molar-refractivity contribution in [3.63, 3.8) is 0 Å². The maximum Gasteiger partial charge on any atom is 0.104 e. The predicted octanol–water partition coefficient (Wildman–Crippen LogP) is 2.34. The highest BCUT2D eigenvalue weighted by Crippen LogP contribution is 2.22. The Morgan fingerprint density at radius 1 is 1.29 bits per heavy atom. The minimum atomic E-state index is -0.169. The molecular weight excluding hydrogens is 172 g/mol. The molecule has 0 bridgehead atoms. The topological polar surface area (TPSA) is 38.4 Å². The average molecular weight is 190 g/mol. The minimum Gasteiger partial charge on any atom is -0.387 e. The van der Waals surface area contributed by atoms with Crippen molar-refractivity contribution < 1.29 is 0 Å². The highest BCUT2D eigenvalue weighted by Gasteiger charge is 2.24. The third-order valence-electron chi connectivity index (χ3n) is 2.46. The molecule has 0 radical (unpaired) electrons. The molecule has 0 amide bonds. The fourth-order valence-electron chi connectivity index (χ4n) is 1.37. The molecule has 0 unspecified atom stereocenters. The van der Waals surface area contributed by atoms with E-state index in [0.29, 0.717) is 5.84 Å². The fraction of sp³-hybridized carbons (Fsp3) is 0.417. The molecule has 0 aliphatic rings. The molecule has 1 aromatic carbocycles. The van der Waals surface area contributed by atoms with Gasteiger partial charge in [-0.05, 0) is 26.3 Å². The lowest BCUT2D eigenvalue weighted by molar-refractivity contribution is 0.705. The van der Waals surface area contributed by atoms with E-state index in [-0.39, 0.29) is 5.41 Å². The molecule has 1 rings (SSSR count). The second-order valence-corrected chi connectivity index (χ2v) is 3.85. The molecule has 0 fully saturated rings. The third kappa shape index (κ3) is 2.13. The van der Waals surface area contributed by atoms with Gasteiger partial charge in [-0.1, -0.05) is 30.3 Å². The molecule has 2 nitrogen and oxygen atoms in total.